The Balaban J connectivity index is 1.49. The summed E-state index contributed by atoms with van der Waals surface area (Å²) < 4.78 is 12.4. The smallest absolute Gasteiger partial charge is 0.293 e. The fourth-order valence-corrected chi connectivity index (χ4v) is 4.71. The number of nitrogens with zero attached hydrogens (tertiary/aromatic N) is 2. The van der Waals surface area contributed by atoms with Gasteiger partial charge in [0.05, 0.1) is 23.0 Å². The highest BCUT2D eigenvalue weighted by atomic mass is 79.9. The van der Waals surface area contributed by atoms with Crippen LogP contribution in [0.5, 0.6) is 11.5 Å². The van der Waals surface area contributed by atoms with Crippen molar-refractivity contribution in [3.63, 3.8) is 0 Å². The zero-order valence-electron chi connectivity index (χ0n) is 19.2. The number of nitro groups is 1. The van der Waals surface area contributed by atoms with Crippen LogP contribution in [0.25, 0.3) is 6.08 Å². The summed E-state index contributed by atoms with van der Waals surface area (Å²) in [6.45, 7) is 2.63. The summed E-state index contributed by atoms with van der Waals surface area (Å²) in [5.74, 6) is 0.632. The SMILES string of the molecule is CCOc1cc(/C=C2/SC(=O)N(Cc3ccccc3Br)C2=O)ccc1OCc1ccc([N+](=O)[O-])cc1. The standard InChI is InChI=1S/C26H21BrN2O6S/c1-2-34-23-13-18(9-12-22(23)35-16-17-7-10-20(11-8-17)29(32)33)14-24-25(30)28(26(31)36-24)15-19-5-3-4-6-21(19)27/h3-14H,2,15-16H2,1H3/b24-14+. The van der Waals surface area contributed by atoms with E-state index in [2.05, 4.69) is 15.9 Å². The van der Waals surface area contributed by atoms with Gasteiger partial charge in [-0.05, 0) is 71.8 Å². The Hall–Kier alpha value is -3.63. The molecule has 3 aromatic rings. The fourth-order valence-electron chi connectivity index (χ4n) is 3.46. The second kappa shape index (κ2) is 11.4. The van der Waals surface area contributed by atoms with E-state index in [-0.39, 0.29) is 30.0 Å². The molecule has 0 radical (unpaired) electrons. The maximum absolute atomic E-state index is 12.9. The maximum atomic E-state index is 12.9. The van der Waals surface area contributed by atoms with Gasteiger partial charge in [-0.25, -0.2) is 0 Å². The number of rotatable bonds is 9. The third kappa shape index (κ3) is 5.95. The second-order valence-electron chi connectivity index (χ2n) is 7.71. The lowest BCUT2D eigenvalue weighted by atomic mass is 10.1. The lowest BCUT2D eigenvalue weighted by molar-refractivity contribution is -0.384. The molecule has 1 aliphatic rings. The summed E-state index contributed by atoms with van der Waals surface area (Å²) >= 11 is 4.35. The van der Waals surface area contributed by atoms with Crippen LogP contribution in [0.3, 0.4) is 0 Å². The summed E-state index contributed by atoms with van der Waals surface area (Å²) in [6.07, 6.45) is 1.66. The Kier molecular flexibility index (Phi) is 8.07. The predicted octanol–water partition coefficient (Wildman–Crippen LogP) is 6.57. The Morgan fingerprint density at radius 3 is 2.47 bits per heavy atom. The molecule has 0 spiro atoms. The minimum absolute atomic E-state index is 0.0129. The fraction of sp³-hybridized carbons (Fsp3) is 0.154. The number of hydrogen-bond acceptors (Lipinski definition) is 7. The molecule has 0 atom stereocenters. The summed E-state index contributed by atoms with van der Waals surface area (Å²) in [5, 5.41) is 10.5. The highest BCUT2D eigenvalue weighted by molar-refractivity contribution is 9.10. The number of thioether (sulfide) groups is 1. The summed E-state index contributed by atoms with van der Waals surface area (Å²) in [4.78, 5) is 37.4. The third-order valence-electron chi connectivity index (χ3n) is 5.27. The number of imide groups is 1. The van der Waals surface area contributed by atoms with E-state index in [4.69, 9.17) is 9.47 Å². The average molecular weight is 569 g/mol. The van der Waals surface area contributed by atoms with Crippen molar-refractivity contribution in [3.05, 3.63) is 103 Å². The zero-order chi connectivity index (χ0) is 25.7. The molecular formula is C26H21BrN2O6S. The van der Waals surface area contributed by atoms with Gasteiger partial charge in [-0.2, -0.15) is 0 Å². The minimum atomic E-state index is -0.453. The number of carbonyl (C=O) groups is 2. The molecule has 1 saturated heterocycles. The van der Waals surface area contributed by atoms with Crippen molar-refractivity contribution in [1.82, 2.24) is 4.90 Å². The molecule has 184 valence electrons. The first kappa shape index (κ1) is 25.5. The number of carbonyl (C=O) groups excluding carboxylic acids is 2. The molecule has 1 aliphatic heterocycles. The summed E-state index contributed by atoms with van der Waals surface area (Å²) in [6, 6.07) is 18.8. The number of non-ortho nitro benzene ring substituents is 1. The van der Waals surface area contributed by atoms with Crippen molar-refractivity contribution in [3.8, 4) is 11.5 Å². The molecule has 0 aromatic heterocycles. The van der Waals surface area contributed by atoms with Gasteiger partial charge in [-0.3, -0.25) is 24.6 Å². The van der Waals surface area contributed by atoms with E-state index in [0.717, 1.165) is 27.4 Å². The lowest BCUT2D eigenvalue weighted by Gasteiger charge is -2.14. The normalized spacial score (nSPS) is 14.4. The van der Waals surface area contributed by atoms with E-state index in [1.54, 1.807) is 36.4 Å². The van der Waals surface area contributed by atoms with Crippen molar-refractivity contribution in [2.45, 2.75) is 20.1 Å². The highest BCUT2D eigenvalue weighted by Gasteiger charge is 2.35. The van der Waals surface area contributed by atoms with Crippen LogP contribution >= 0.6 is 27.7 Å². The quantitative estimate of drug-likeness (QED) is 0.163. The maximum Gasteiger partial charge on any atom is 0.293 e. The molecule has 0 aliphatic carbocycles. The number of benzene rings is 3. The van der Waals surface area contributed by atoms with Crippen molar-refractivity contribution in [2.75, 3.05) is 6.61 Å². The van der Waals surface area contributed by atoms with Crippen LogP contribution in [0.4, 0.5) is 10.5 Å². The molecule has 0 saturated carbocycles. The van der Waals surface area contributed by atoms with Crippen LogP contribution in [-0.2, 0) is 17.9 Å². The van der Waals surface area contributed by atoms with E-state index >= 15 is 0 Å². The number of ether oxygens (including phenoxy) is 2. The molecule has 4 rings (SSSR count). The molecule has 1 fully saturated rings. The van der Waals surface area contributed by atoms with Crippen LogP contribution < -0.4 is 9.47 Å². The van der Waals surface area contributed by atoms with Crippen molar-refractivity contribution in [1.29, 1.82) is 0 Å². The molecule has 3 aromatic carbocycles. The Morgan fingerprint density at radius 2 is 1.78 bits per heavy atom. The van der Waals surface area contributed by atoms with Crippen LogP contribution in [0, 0.1) is 10.1 Å². The summed E-state index contributed by atoms with van der Waals surface area (Å²) in [5.41, 5.74) is 2.31. The molecule has 8 nitrogen and oxygen atoms in total. The van der Waals surface area contributed by atoms with Crippen molar-refractivity contribution < 1.29 is 24.0 Å². The molecule has 36 heavy (non-hydrogen) atoms. The largest absolute Gasteiger partial charge is 0.490 e. The number of halogens is 1. The predicted molar refractivity (Wildman–Crippen MR) is 141 cm³/mol. The van der Waals surface area contributed by atoms with Crippen molar-refractivity contribution >= 4 is 50.6 Å². The third-order valence-corrected chi connectivity index (χ3v) is 6.95. The molecule has 0 unspecified atom stereocenters. The number of hydrogen-bond donors (Lipinski definition) is 0. The second-order valence-corrected chi connectivity index (χ2v) is 9.56. The molecule has 0 bridgehead atoms. The zero-order valence-corrected chi connectivity index (χ0v) is 21.6. The minimum Gasteiger partial charge on any atom is -0.490 e. The van der Waals surface area contributed by atoms with E-state index in [0.29, 0.717) is 28.6 Å². The van der Waals surface area contributed by atoms with Crippen molar-refractivity contribution in [2.24, 2.45) is 0 Å². The van der Waals surface area contributed by atoms with Gasteiger partial charge in [0.2, 0.25) is 0 Å². The Bertz CT molecular complexity index is 1340. The van der Waals surface area contributed by atoms with Gasteiger partial charge in [-0.1, -0.05) is 40.2 Å². The first-order valence-corrected chi connectivity index (χ1v) is 12.6. The van der Waals surface area contributed by atoms with Crippen LogP contribution in [0.2, 0.25) is 0 Å². The first-order valence-electron chi connectivity index (χ1n) is 11.0. The monoisotopic (exact) mass is 568 g/mol. The van der Waals surface area contributed by atoms with Gasteiger partial charge in [0.15, 0.2) is 11.5 Å². The van der Waals surface area contributed by atoms with Gasteiger partial charge in [0.25, 0.3) is 16.8 Å². The first-order chi connectivity index (χ1) is 17.4. The highest BCUT2D eigenvalue weighted by Crippen LogP contribution is 2.36. The summed E-state index contributed by atoms with van der Waals surface area (Å²) in [7, 11) is 0. The number of amides is 2. The van der Waals surface area contributed by atoms with Gasteiger partial charge in [0, 0.05) is 16.6 Å². The van der Waals surface area contributed by atoms with Crippen LogP contribution in [0.15, 0.2) is 76.1 Å². The molecular weight excluding hydrogens is 548 g/mol. The van der Waals surface area contributed by atoms with Crippen LogP contribution in [-0.4, -0.2) is 27.6 Å². The number of nitro benzene ring substituents is 1. The molecule has 0 N–H and O–H groups in total. The average Bonchev–Trinajstić information content (AvgIpc) is 3.12. The molecule has 10 heteroatoms. The van der Waals surface area contributed by atoms with Gasteiger partial charge in [-0.15, -0.1) is 0 Å². The van der Waals surface area contributed by atoms with E-state index in [9.17, 15) is 19.7 Å². The van der Waals surface area contributed by atoms with Gasteiger partial charge in [0.1, 0.15) is 6.61 Å². The lowest BCUT2D eigenvalue weighted by Crippen LogP contribution is -2.27. The van der Waals surface area contributed by atoms with Gasteiger partial charge < -0.3 is 9.47 Å². The van der Waals surface area contributed by atoms with E-state index in [1.165, 1.54) is 17.0 Å². The Morgan fingerprint density at radius 1 is 1.03 bits per heavy atom. The molecule has 1 heterocycles. The van der Waals surface area contributed by atoms with E-state index < -0.39 is 4.92 Å². The van der Waals surface area contributed by atoms with Crippen LogP contribution in [0.1, 0.15) is 23.6 Å². The van der Waals surface area contributed by atoms with E-state index in [1.807, 2.05) is 31.2 Å². The molecule has 2 amide bonds. The topological polar surface area (TPSA) is 99.0 Å². The Labute approximate surface area is 220 Å². The van der Waals surface area contributed by atoms with Gasteiger partial charge >= 0.3 is 0 Å².